The van der Waals surface area contributed by atoms with Gasteiger partial charge < -0.3 is 36.4 Å². The fourth-order valence-electron chi connectivity index (χ4n) is 3.07. The molecule has 1 heterocycles. The lowest BCUT2D eigenvalue weighted by Crippen LogP contribution is -2.55. The first-order valence-corrected chi connectivity index (χ1v) is 8.89. The van der Waals surface area contributed by atoms with E-state index in [1.807, 2.05) is 0 Å². The van der Waals surface area contributed by atoms with Gasteiger partial charge in [0, 0.05) is 39.4 Å². The Hall–Kier alpha value is -2.27. The van der Waals surface area contributed by atoms with Crippen molar-refractivity contribution in [3.05, 3.63) is 22.7 Å². The van der Waals surface area contributed by atoms with Gasteiger partial charge in [-0.2, -0.15) is 0 Å². The number of benzene rings is 1. The van der Waals surface area contributed by atoms with E-state index in [1.54, 1.807) is 7.11 Å². The highest BCUT2D eigenvalue weighted by Crippen LogP contribution is 2.29. The monoisotopic (exact) mass is 418 g/mol. The Bertz CT molecular complexity index is 690. The molecule has 0 aromatic heterocycles. The Morgan fingerprint density at radius 1 is 1.39 bits per heavy atom. The zero-order valence-corrected chi connectivity index (χ0v) is 16.6. The summed E-state index contributed by atoms with van der Waals surface area (Å²) in [5.41, 5.74) is 6.40. The van der Waals surface area contributed by atoms with Crippen LogP contribution in [0.15, 0.2) is 12.1 Å². The van der Waals surface area contributed by atoms with Crippen LogP contribution in [0.1, 0.15) is 16.8 Å². The number of nitrogens with one attached hydrogen (secondary N) is 2. The minimum atomic E-state index is -1.04. The Balaban J connectivity index is 0.00000392. The quantitative estimate of drug-likeness (QED) is 0.460. The molecule has 0 unspecified atom stereocenters. The molecule has 158 valence electrons. The van der Waals surface area contributed by atoms with Crippen molar-refractivity contribution < 1.29 is 29.6 Å². The maximum Gasteiger partial charge on any atom is 0.404 e. The number of halogens is 1. The molecule has 1 saturated heterocycles. The second-order valence-electron chi connectivity index (χ2n) is 6.25. The van der Waals surface area contributed by atoms with Crippen molar-refractivity contribution in [2.45, 2.75) is 18.6 Å². The lowest BCUT2D eigenvalue weighted by Gasteiger charge is -2.38. The third-order valence-corrected chi connectivity index (χ3v) is 4.86. The number of ether oxygens (including phenoxy) is 2. The molecule has 0 saturated carbocycles. The molecule has 11 heteroatoms. The summed E-state index contributed by atoms with van der Waals surface area (Å²) in [6, 6.07) is 2.81. The van der Waals surface area contributed by atoms with Crippen LogP contribution < -0.4 is 21.1 Å². The van der Waals surface area contributed by atoms with Crippen molar-refractivity contribution in [1.29, 1.82) is 0 Å². The number of nitrogens with two attached hydrogens (primary N) is 1. The summed E-state index contributed by atoms with van der Waals surface area (Å²) in [6.07, 6.45) is -0.596. The average Bonchev–Trinajstić information content (AvgIpc) is 2.64. The molecule has 1 aromatic carbocycles. The number of methoxy groups -OCH3 is 2. The van der Waals surface area contributed by atoms with Gasteiger partial charge in [-0.15, -0.1) is 0 Å². The molecule has 1 fully saturated rings. The smallest absolute Gasteiger partial charge is 0.404 e. The standard InChI is InChI=1S/C17H25ClN4O5.H2O/c1-26-14-8-12(19)11(18)7-10(14)16(23)21-13-3-5-22(9-15(13)27-2)6-4-20-17(24)25;/h7-8,13,15,20H,3-6,9,19H2,1-2H3,(H,21,23)(H,24,25);1H2/t13-,15+;/m0./s1. The number of carbonyl (C=O) groups excluding carboxylic acids is 1. The number of hydrogen-bond acceptors (Lipinski definition) is 6. The van der Waals surface area contributed by atoms with Crippen molar-refractivity contribution >= 4 is 29.3 Å². The van der Waals surface area contributed by atoms with E-state index in [0.717, 1.165) is 0 Å². The van der Waals surface area contributed by atoms with E-state index in [0.29, 0.717) is 49.6 Å². The number of amides is 2. The fraction of sp³-hybridized carbons (Fsp3) is 0.529. The summed E-state index contributed by atoms with van der Waals surface area (Å²) in [5.74, 6) is 0.0299. The molecule has 1 aliphatic rings. The summed E-state index contributed by atoms with van der Waals surface area (Å²) in [5, 5.41) is 14.2. The lowest BCUT2D eigenvalue weighted by molar-refractivity contribution is 0.00685. The Kier molecular flexibility index (Phi) is 9.26. The molecule has 2 rings (SSSR count). The van der Waals surface area contributed by atoms with E-state index in [9.17, 15) is 9.59 Å². The van der Waals surface area contributed by atoms with Gasteiger partial charge in [-0.3, -0.25) is 9.69 Å². The van der Waals surface area contributed by atoms with E-state index in [4.69, 9.17) is 31.9 Å². The summed E-state index contributed by atoms with van der Waals surface area (Å²) < 4.78 is 10.8. The molecule has 2 amide bonds. The third kappa shape index (κ3) is 6.13. The van der Waals surface area contributed by atoms with Gasteiger partial charge in [0.2, 0.25) is 0 Å². The van der Waals surface area contributed by atoms with Crippen LogP contribution in [0.4, 0.5) is 10.5 Å². The van der Waals surface area contributed by atoms with Crippen LogP contribution in [-0.4, -0.2) is 80.0 Å². The summed E-state index contributed by atoms with van der Waals surface area (Å²) in [6.45, 7) is 2.21. The number of piperidine rings is 1. The van der Waals surface area contributed by atoms with Crippen LogP contribution in [0.2, 0.25) is 5.02 Å². The number of rotatable bonds is 7. The molecule has 2 atom stereocenters. The van der Waals surface area contributed by atoms with Crippen LogP contribution in [0, 0.1) is 0 Å². The van der Waals surface area contributed by atoms with Crippen LogP contribution in [0.25, 0.3) is 0 Å². The molecule has 0 aliphatic carbocycles. The molecule has 28 heavy (non-hydrogen) atoms. The van der Waals surface area contributed by atoms with E-state index in [1.165, 1.54) is 19.2 Å². The largest absolute Gasteiger partial charge is 0.496 e. The summed E-state index contributed by atoms with van der Waals surface area (Å²) in [7, 11) is 3.05. The minimum absolute atomic E-state index is 0. The van der Waals surface area contributed by atoms with Gasteiger partial charge in [-0.05, 0) is 12.5 Å². The van der Waals surface area contributed by atoms with Gasteiger partial charge in [-0.1, -0.05) is 11.6 Å². The van der Waals surface area contributed by atoms with Crippen molar-refractivity contribution in [1.82, 2.24) is 15.5 Å². The number of nitrogen functional groups attached to an aromatic ring is 1. The molecule has 0 radical (unpaired) electrons. The molecule has 0 spiro atoms. The van der Waals surface area contributed by atoms with Crippen molar-refractivity contribution in [2.24, 2.45) is 0 Å². The Morgan fingerprint density at radius 3 is 2.71 bits per heavy atom. The Labute approximate surface area is 168 Å². The average molecular weight is 419 g/mol. The topological polar surface area (TPSA) is 158 Å². The lowest BCUT2D eigenvalue weighted by atomic mass is 10.0. The SMILES string of the molecule is COc1cc(N)c(Cl)cc1C(=O)N[C@H]1CCN(CCNC(=O)O)C[C@H]1OC.O. The van der Waals surface area contributed by atoms with Gasteiger partial charge in [-0.25, -0.2) is 4.79 Å². The van der Waals surface area contributed by atoms with E-state index in [2.05, 4.69) is 15.5 Å². The van der Waals surface area contributed by atoms with E-state index < -0.39 is 6.09 Å². The van der Waals surface area contributed by atoms with Crippen LogP contribution in [0.5, 0.6) is 5.75 Å². The fourth-order valence-corrected chi connectivity index (χ4v) is 3.23. The summed E-state index contributed by atoms with van der Waals surface area (Å²) >= 11 is 6.04. The molecule has 0 bridgehead atoms. The van der Waals surface area contributed by atoms with Gasteiger partial charge in [0.1, 0.15) is 5.75 Å². The maximum atomic E-state index is 12.7. The number of anilines is 1. The Morgan fingerprint density at radius 2 is 2.11 bits per heavy atom. The van der Waals surface area contributed by atoms with E-state index >= 15 is 0 Å². The zero-order valence-electron chi connectivity index (χ0n) is 15.8. The molecular weight excluding hydrogens is 392 g/mol. The third-order valence-electron chi connectivity index (χ3n) is 4.53. The second-order valence-corrected chi connectivity index (χ2v) is 6.66. The van der Waals surface area contributed by atoms with Crippen molar-refractivity contribution in [2.75, 3.05) is 46.1 Å². The van der Waals surface area contributed by atoms with Gasteiger partial charge in [0.25, 0.3) is 5.91 Å². The highest BCUT2D eigenvalue weighted by molar-refractivity contribution is 6.33. The van der Waals surface area contributed by atoms with Crippen LogP contribution >= 0.6 is 11.6 Å². The molecule has 1 aromatic rings. The highest BCUT2D eigenvalue weighted by atomic mass is 35.5. The zero-order chi connectivity index (χ0) is 20.0. The number of nitrogens with zero attached hydrogens (tertiary/aromatic N) is 1. The number of hydrogen-bond donors (Lipinski definition) is 4. The predicted octanol–water partition coefficient (Wildman–Crippen LogP) is 0.193. The minimum Gasteiger partial charge on any atom is -0.496 e. The molecular formula is C17H27ClN4O6. The maximum absolute atomic E-state index is 12.7. The van der Waals surface area contributed by atoms with Crippen LogP contribution in [0.3, 0.4) is 0 Å². The highest BCUT2D eigenvalue weighted by Gasteiger charge is 2.31. The number of carboxylic acid groups (broad SMARTS) is 1. The molecule has 1 aliphatic heterocycles. The first-order valence-electron chi connectivity index (χ1n) is 8.51. The first kappa shape index (κ1) is 23.8. The first-order chi connectivity index (χ1) is 12.8. The molecule has 7 N–H and O–H groups in total. The molecule has 10 nitrogen and oxygen atoms in total. The normalized spacial score (nSPS) is 19.4. The van der Waals surface area contributed by atoms with Gasteiger partial charge in [0.15, 0.2) is 0 Å². The number of likely N-dealkylation sites (tertiary alicyclic amines) is 1. The second kappa shape index (κ2) is 10.9. The van der Waals surface area contributed by atoms with Crippen molar-refractivity contribution in [3.8, 4) is 5.75 Å². The number of carbonyl (C=O) groups is 2. The van der Waals surface area contributed by atoms with Crippen LogP contribution in [-0.2, 0) is 4.74 Å². The van der Waals surface area contributed by atoms with E-state index in [-0.39, 0.29) is 28.6 Å². The van der Waals surface area contributed by atoms with Gasteiger partial charge in [0.05, 0.1) is 35.5 Å². The van der Waals surface area contributed by atoms with Gasteiger partial charge >= 0.3 is 6.09 Å². The summed E-state index contributed by atoms with van der Waals surface area (Å²) in [4.78, 5) is 25.3. The van der Waals surface area contributed by atoms with Crippen molar-refractivity contribution in [3.63, 3.8) is 0 Å². The predicted molar refractivity (Wildman–Crippen MR) is 105 cm³/mol.